The summed E-state index contributed by atoms with van der Waals surface area (Å²) >= 11 is 9.27. The Morgan fingerprint density at radius 1 is 1.46 bits per heavy atom. The normalized spacial score (nSPS) is 10.2. The molecule has 0 fully saturated rings. The van der Waals surface area contributed by atoms with Crippen molar-refractivity contribution in [1.82, 2.24) is 0 Å². The smallest absolute Gasteiger partial charge is 0.101 e. The second-order valence-corrected chi connectivity index (χ2v) is 5.08. The van der Waals surface area contributed by atoms with Gasteiger partial charge in [0.05, 0.1) is 14.5 Å². The number of thiophene rings is 1. The van der Waals surface area contributed by atoms with Crippen molar-refractivity contribution >= 4 is 50.0 Å². The number of benzene rings is 1. The lowest BCUT2D eigenvalue weighted by molar-refractivity contribution is 1.51. The Bertz CT molecular complexity index is 510. The third-order valence-electron chi connectivity index (χ3n) is 1.76. The van der Waals surface area contributed by atoms with Crippen molar-refractivity contribution < 1.29 is 0 Å². The van der Waals surface area contributed by atoms with Crippen LogP contribution < -0.4 is 0 Å². The maximum absolute atomic E-state index is 8.85. The van der Waals surface area contributed by atoms with Gasteiger partial charge in [0, 0.05) is 9.86 Å². The number of nitrogens with zero attached hydrogens (tertiary/aromatic N) is 1. The van der Waals surface area contributed by atoms with Crippen LogP contribution in [0.1, 0.15) is 5.56 Å². The minimum Gasteiger partial charge on any atom is -0.192 e. The Labute approximate surface area is 93.5 Å². The summed E-state index contributed by atoms with van der Waals surface area (Å²) in [7, 11) is 0. The van der Waals surface area contributed by atoms with E-state index >= 15 is 0 Å². The first-order chi connectivity index (χ1) is 6.24. The highest BCUT2D eigenvalue weighted by Crippen LogP contribution is 2.39. The molecule has 0 radical (unpaired) electrons. The van der Waals surface area contributed by atoms with E-state index in [-0.39, 0.29) is 0 Å². The van der Waals surface area contributed by atoms with Crippen LogP contribution in [0.15, 0.2) is 26.9 Å². The number of thiol groups is 1. The van der Waals surface area contributed by atoms with Gasteiger partial charge >= 0.3 is 0 Å². The molecule has 1 aromatic heterocycles. The summed E-state index contributed by atoms with van der Waals surface area (Å²) in [5, 5.41) is 9.92. The molecule has 0 aliphatic heterocycles. The van der Waals surface area contributed by atoms with Gasteiger partial charge < -0.3 is 0 Å². The summed E-state index contributed by atoms with van der Waals surface area (Å²) in [6.07, 6.45) is 0. The van der Waals surface area contributed by atoms with Crippen molar-refractivity contribution in [2.24, 2.45) is 0 Å². The predicted octanol–water partition coefficient (Wildman–Crippen LogP) is 3.82. The molecule has 1 aromatic carbocycles. The molecule has 0 amide bonds. The molecular weight excluding hydrogens is 266 g/mol. The van der Waals surface area contributed by atoms with Crippen LogP contribution >= 0.6 is 39.9 Å². The third-order valence-corrected chi connectivity index (χ3v) is 4.69. The third kappa shape index (κ3) is 1.37. The zero-order chi connectivity index (χ0) is 9.42. The van der Waals surface area contributed by atoms with E-state index < -0.39 is 0 Å². The second-order valence-electron chi connectivity index (χ2n) is 2.52. The highest BCUT2D eigenvalue weighted by atomic mass is 79.9. The Morgan fingerprint density at radius 3 is 2.92 bits per heavy atom. The maximum atomic E-state index is 8.85. The average Bonchev–Trinajstić information content (AvgIpc) is 2.43. The molecule has 0 saturated carbocycles. The predicted molar refractivity (Wildman–Crippen MR) is 61.5 cm³/mol. The van der Waals surface area contributed by atoms with Crippen molar-refractivity contribution in [1.29, 1.82) is 5.26 Å². The molecule has 64 valence electrons. The number of hydrogen-bond acceptors (Lipinski definition) is 3. The van der Waals surface area contributed by atoms with Crippen molar-refractivity contribution in [3.05, 3.63) is 28.2 Å². The largest absolute Gasteiger partial charge is 0.192 e. The van der Waals surface area contributed by atoms with Gasteiger partial charge in [-0.2, -0.15) is 5.26 Å². The van der Waals surface area contributed by atoms with Crippen molar-refractivity contribution in [2.75, 3.05) is 0 Å². The fraction of sp³-hybridized carbons (Fsp3) is 0. The molecule has 13 heavy (non-hydrogen) atoms. The SMILES string of the molecule is N#Cc1cccc2c(Br)c(S)sc12. The van der Waals surface area contributed by atoms with E-state index in [4.69, 9.17) is 5.26 Å². The van der Waals surface area contributed by atoms with E-state index in [1.54, 1.807) is 0 Å². The van der Waals surface area contributed by atoms with E-state index in [0.29, 0.717) is 5.56 Å². The van der Waals surface area contributed by atoms with Crippen molar-refractivity contribution in [3.63, 3.8) is 0 Å². The van der Waals surface area contributed by atoms with E-state index in [9.17, 15) is 0 Å². The first-order valence-corrected chi connectivity index (χ1v) is 5.60. The molecule has 0 atom stereocenters. The first-order valence-electron chi connectivity index (χ1n) is 3.54. The number of halogens is 1. The fourth-order valence-electron chi connectivity index (χ4n) is 1.16. The van der Waals surface area contributed by atoms with Gasteiger partial charge in [-0.3, -0.25) is 0 Å². The maximum Gasteiger partial charge on any atom is 0.101 e. The van der Waals surface area contributed by atoms with E-state index in [1.807, 2.05) is 18.2 Å². The van der Waals surface area contributed by atoms with Crippen LogP contribution in [0.2, 0.25) is 0 Å². The van der Waals surface area contributed by atoms with Crippen LogP contribution in [0.25, 0.3) is 10.1 Å². The summed E-state index contributed by atoms with van der Waals surface area (Å²) in [6.45, 7) is 0. The molecule has 2 rings (SSSR count). The molecule has 0 aliphatic rings. The molecule has 0 bridgehead atoms. The van der Waals surface area contributed by atoms with Gasteiger partial charge in [0.2, 0.25) is 0 Å². The summed E-state index contributed by atoms with van der Waals surface area (Å²) in [5.74, 6) is 0. The van der Waals surface area contributed by atoms with Gasteiger partial charge in [-0.05, 0) is 22.0 Å². The monoisotopic (exact) mass is 269 g/mol. The summed E-state index contributed by atoms with van der Waals surface area (Å²) in [6, 6.07) is 7.85. The Morgan fingerprint density at radius 2 is 2.23 bits per heavy atom. The Kier molecular flexibility index (Phi) is 2.33. The summed E-state index contributed by atoms with van der Waals surface area (Å²) < 4.78 is 2.90. The van der Waals surface area contributed by atoms with E-state index in [0.717, 1.165) is 18.8 Å². The lowest BCUT2D eigenvalue weighted by Gasteiger charge is -1.91. The molecule has 0 unspecified atom stereocenters. The van der Waals surface area contributed by atoms with E-state index in [2.05, 4.69) is 34.6 Å². The number of nitriles is 1. The number of rotatable bonds is 0. The van der Waals surface area contributed by atoms with Gasteiger partial charge in [0.15, 0.2) is 0 Å². The van der Waals surface area contributed by atoms with Crippen LogP contribution in [-0.2, 0) is 0 Å². The van der Waals surface area contributed by atoms with Crippen LogP contribution in [0.4, 0.5) is 0 Å². The molecule has 0 N–H and O–H groups in total. The number of fused-ring (bicyclic) bond motifs is 1. The zero-order valence-corrected chi connectivity index (χ0v) is 9.71. The zero-order valence-electron chi connectivity index (χ0n) is 6.41. The molecular formula is C9H4BrNS2. The van der Waals surface area contributed by atoms with Crippen LogP contribution in [0.3, 0.4) is 0 Å². The average molecular weight is 270 g/mol. The van der Waals surface area contributed by atoms with E-state index in [1.165, 1.54) is 11.3 Å². The molecule has 1 heterocycles. The quantitative estimate of drug-likeness (QED) is 0.723. The fourth-order valence-corrected chi connectivity index (χ4v) is 3.16. The minimum absolute atomic E-state index is 0.712. The van der Waals surface area contributed by atoms with Crippen LogP contribution in [0, 0.1) is 11.3 Å². The molecule has 0 aliphatic carbocycles. The standard InChI is InChI=1S/C9H4BrNS2/c10-7-6-3-1-2-5(4-11)8(6)13-9(7)12/h1-3,12H. The Hall–Kier alpha value is -0.500. The highest BCUT2D eigenvalue weighted by Gasteiger charge is 2.09. The number of hydrogen-bond donors (Lipinski definition) is 1. The topological polar surface area (TPSA) is 23.8 Å². The second kappa shape index (κ2) is 3.33. The van der Waals surface area contributed by atoms with Gasteiger partial charge in [0.25, 0.3) is 0 Å². The molecule has 0 spiro atoms. The lowest BCUT2D eigenvalue weighted by atomic mass is 10.2. The van der Waals surface area contributed by atoms with Gasteiger partial charge in [-0.1, -0.05) is 12.1 Å². The van der Waals surface area contributed by atoms with Gasteiger partial charge in [-0.15, -0.1) is 24.0 Å². The van der Waals surface area contributed by atoms with Gasteiger partial charge in [-0.25, -0.2) is 0 Å². The van der Waals surface area contributed by atoms with Crippen molar-refractivity contribution in [3.8, 4) is 6.07 Å². The van der Waals surface area contributed by atoms with Crippen LogP contribution in [-0.4, -0.2) is 0 Å². The summed E-state index contributed by atoms with van der Waals surface area (Å²) in [5.41, 5.74) is 0.712. The summed E-state index contributed by atoms with van der Waals surface area (Å²) in [4.78, 5) is 0. The first kappa shape index (κ1) is 9.07. The molecule has 1 nitrogen and oxygen atoms in total. The molecule has 4 heteroatoms. The highest BCUT2D eigenvalue weighted by molar-refractivity contribution is 9.10. The Balaban J connectivity index is 2.95. The van der Waals surface area contributed by atoms with Crippen molar-refractivity contribution in [2.45, 2.75) is 4.21 Å². The minimum atomic E-state index is 0.712. The van der Waals surface area contributed by atoms with Crippen LogP contribution in [0.5, 0.6) is 0 Å². The molecule has 2 aromatic rings. The van der Waals surface area contributed by atoms with Gasteiger partial charge in [0.1, 0.15) is 6.07 Å². The molecule has 0 saturated heterocycles. The lowest BCUT2D eigenvalue weighted by Crippen LogP contribution is -1.72.